The molecule has 7 heteroatoms. The second-order valence-electron chi connectivity index (χ2n) is 4.53. The molecule has 0 aliphatic heterocycles. The minimum absolute atomic E-state index is 0.00682. The second-order valence-corrected chi connectivity index (χ2v) is 7.24. The van der Waals surface area contributed by atoms with Gasteiger partial charge in [0.1, 0.15) is 10.7 Å². The summed E-state index contributed by atoms with van der Waals surface area (Å²) in [4.78, 5) is -0.213. The Balaban J connectivity index is 2.18. The molecule has 0 heterocycles. The van der Waals surface area contributed by atoms with Crippen LogP contribution >= 0.6 is 27.5 Å². The molecule has 0 amide bonds. The molecule has 2 rings (SSSR count). The summed E-state index contributed by atoms with van der Waals surface area (Å²) in [6.45, 7) is 0.341. The molecule has 1 aromatic carbocycles. The van der Waals surface area contributed by atoms with Gasteiger partial charge in [-0.25, -0.2) is 17.5 Å². The van der Waals surface area contributed by atoms with Crippen LogP contribution in [0.25, 0.3) is 0 Å². The lowest BCUT2D eigenvalue weighted by Gasteiger charge is -2.13. The van der Waals surface area contributed by atoms with Crippen LogP contribution in [-0.4, -0.2) is 20.3 Å². The summed E-state index contributed by atoms with van der Waals surface area (Å²) < 4.78 is 39.6. The molecular formula is C11H12BrClFNO2S. The summed E-state index contributed by atoms with van der Waals surface area (Å²) in [5, 5.41) is 0.770. The van der Waals surface area contributed by atoms with E-state index < -0.39 is 15.8 Å². The Morgan fingerprint density at radius 2 is 2.11 bits per heavy atom. The van der Waals surface area contributed by atoms with E-state index >= 15 is 0 Å². The summed E-state index contributed by atoms with van der Waals surface area (Å²) in [7, 11) is -3.76. The highest BCUT2D eigenvalue weighted by atomic mass is 79.9. The van der Waals surface area contributed by atoms with Gasteiger partial charge in [-0.05, 0) is 36.5 Å². The smallest absolute Gasteiger partial charge is 0.211 e. The van der Waals surface area contributed by atoms with E-state index in [9.17, 15) is 12.8 Å². The second kappa shape index (κ2) is 5.07. The van der Waals surface area contributed by atoms with Crippen molar-refractivity contribution in [2.24, 2.45) is 5.41 Å². The van der Waals surface area contributed by atoms with E-state index in [0.29, 0.717) is 6.54 Å². The monoisotopic (exact) mass is 355 g/mol. The van der Waals surface area contributed by atoms with Crippen molar-refractivity contribution in [2.45, 2.75) is 17.7 Å². The Bertz CT molecular complexity index is 560. The van der Waals surface area contributed by atoms with Crippen LogP contribution in [0.15, 0.2) is 23.1 Å². The molecule has 0 atom stereocenters. The van der Waals surface area contributed by atoms with E-state index in [-0.39, 0.29) is 15.3 Å². The molecule has 0 saturated heterocycles. The van der Waals surface area contributed by atoms with E-state index in [1.54, 1.807) is 0 Å². The van der Waals surface area contributed by atoms with Crippen LogP contribution in [-0.2, 0) is 10.0 Å². The molecule has 1 N–H and O–H groups in total. The minimum atomic E-state index is -3.76. The largest absolute Gasteiger partial charge is 0.242 e. The predicted molar refractivity (Wildman–Crippen MR) is 72.1 cm³/mol. The van der Waals surface area contributed by atoms with Gasteiger partial charge in [-0.1, -0.05) is 27.5 Å². The zero-order valence-corrected chi connectivity index (χ0v) is 12.6. The van der Waals surface area contributed by atoms with Crippen LogP contribution in [0.1, 0.15) is 12.8 Å². The van der Waals surface area contributed by atoms with E-state index in [2.05, 4.69) is 20.7 Å². The summed E-state index contributed by atoms with van der Waals surface area (Å²) >= 11 is 9.15. The molecule has 100 valence electrons. The first-order valence-electron chi connectivity index (χ1n) is 5.39. The number of alkyl halides is 1. The number of hydrogen-bond acceptors (Lipinski definition) is 2. The molecule has 0 radical (unpaired) electrons. The van der Waals surface area contributed by atoms with Gasteiger partial charge >= 0.3 is 0 Å². The molecule has 0 spiro atoms. The van der Waals surface area contributed by atoms with Crippen molar-refractivity contribution < 1.29 is 12.8 Å². The van der Waals surface area contributed by atoms with E-state index in [0.717, 1.165) is 30.3 Å². The maximum Gasteiger partial charge on any atom is 0.242 e. The highest BCUT2D eigenvalue weighted by Gasteiger charge is 2.42. The Labute approximate surface area is 119 Å². The van der Waals surface area contributed by atoms with Crippen molar-refractivity contribution in [3.05, 3.63) is 29.0 Å². The van der Waals surface area contributed by atoms with Crippen molar-refractivity contribution in [3.63, 3.8) is 0 Å². The first-order chi connectivity index (χ1) is 8.38. The lowest BCUT2D eigenvalue weighted by atomic mass is 10.1. The van der Waals surface area contributed by atoms with Crippen LogP contribution in [0.4, 0.5) is 4.39 Å². The topological polar surface area (TPSA) is 46.2 Å². The van der Waals surface area contributed by atoms with Crippen molar-refractivity contribution in [3.8, 4) is 0 Å². The van der Waals surface area contributed by atoms with E-state index in [4.69, 9.17) is 11.6 Å². The molecule has 3 nitrogen and oxygen atoms in total. The Morgan fingerprint density at radius 1 is 1.44 bits per heavy atom. The third-order valence-corrected chi connectivity index (χ3v) is 6.13. The predicted octanol–water partition coefficient (Wildman–Crippen LogP) is 2.93. The summed E-state index contributed by atoms with van der Waals surface area (Å²) in [5.74, 6) is -0.624. The Kier molecular flexibility index (Phi) is 4.02. The highest BCUT2D eigenvalue weighted by Crippen LogP contribution is 2.46. The number of sulfonamides is 1. The average molecular weight is 357 g/mol. The third-order valence-electron chi connectivity index (χ3n) is 3.06. The molecule has 18 heavy (non-hydrogen) atoms. The lowest BCUT2D eigenvalue weighted by Crippen LogP contribution is -2.31. The molecule has 1 saturated carbocycles. The third kappa shape index (κ3) is 3.04. The van der Waals surface area contributed by atoms with Gasteiger partial charge in [0.25, 0.3) is 0 Å². The molecule has 0 bridgehead atoms. The standard InChI is InChI=1S/C11H12BrClFNO2S/c12-6-11(3-4-11)7-15-18(16,17)10-5-8(14)1-2-9(10)13/h1-2,5,15H,3-4,6-7H2. The van der Waals surface area contributed by atoms with Crippen LogP contribution in [0, 0.1) is 11.2 Å². The fourth-order valence-corrected chi connectivity index (χ4v) is 3.97. The normalized spacial score (nSPS) is 17.7. The fourth-order valence-electron chi connectivity index (χ4n) is 1.54. The van der Waals surface area contributed by atoms with E-state index in [1.807, 2.05) is 0 Å². The molecule has 0 unspecified atom stereocenters. The van der Waals surface area contributed by atoms with Gasteiger partial charge in [0.15, 0.2) is 0 Å². The van der Waals surface area contributed by atoms with Gasteiger partial charge in [0, 0.05) is 11.9 Å². The number of hydrogen-bond donors (Lipinski definition) is 1. The first kappa shape index (κ1) is 14.2. The summed E-state index contributed by atoms with van der Waals surface area (Å²) in [6.07, 6.45) is 1.97. The molecular weight excluding hydrogens is 345 g/mol. The summed E-state index contributed by atoms with van der Waals surface area (Å²) in [6, 6.07) is 3.30. The number of rotatable bonds is 5. The van der Waals surface area contributed by atoms with Gasteiger partial charge in [0.05, 0.1) is 5.02 Å². The lowest BCUT2D eigenvalue weighted by molar-refractivity contribution is 0.537. The van der Waals surface area contributed by atoms with Crippen LogP contribution in [0.3, 0.4) is 0 Å². The first-order valence-corrected chi connectivity index (χ1v) is 8.38. The van der Waals surface area contributed by atoms with Gasteiger partial charge in [-0.3, -0.25) is 0 Å². The Morgan fingerprint density at radius 3 is 2.67 bits per heavy atom. The fraction of sp³-hybridized carbons (Fsp3) is 0.455. The SMILES string of the molecule is O=S(=O)(NCC1(CBr)CC1)c1cc(F)ccc1Cl. The quantitative estimate of drug-likeness (QED) is 0.825. The Hall–Kier alpha value is -0.170. The number of nitrogens with one attached hydrogen (secondary N) is 1. The zero-order chi connectivity index (χ0) is 13.4. The van der Waals surface area contributed by atoms with Crippen LogP contribution in [0.5, 0.6) is 0 Å². The molecule has 0 aromatic heterocycles. The van der Waals surface area contributed by atoms with Crippen molar-refractivity contribution in [2.75, 3.05) is 11.9 Å². The van der Waals surface area contributed by atoms with Gasteiger partial charge < -0.3 is 0 Å². The van der Waals surface area contributed by atoms with Crippen molar-refractivity contribution in [1.29, 1.82) is 0 Å². The maximum absolute atomic E-state index is 13.1. The minimum Gasteiger partial charge on any atom is -0.211 e. The van der Waals surface area contributed by atoms with Crippen molar-refractivity contribution in [1.82, 2.24) is 4.72 Å². The van der Waals surface area contributed by atoms with Gasteiger partial charge in [0.2, 0.25) is 10.0 Å². The molecule has 1 aromatic rings. The number of halogens is 3. The van der Waals surface area contributed by atoms with Crippen LogP contribution in [0.2, 0.25) is 5.02 Å². The van der Waals surface area contributed by atoms with Gasteiger partial charge in [-0.15, -0.1) is 0 Å². The highest BCUT2D eigenvalue weighted by molar-refractivity contribution is 9.09. The molecule has 1 aliphatic rings. The van der Waals surface area contributed by atoms with E-state index in [1.165, 1.54) is 6.07 Å². The molecule has 1 fully saturated rings. The summed E-state index contributed by atoms with van der Waals surface area (Å²) in [5.41, 5.74) is 0.00682. The van der Waals surface area contributed by atoms with Crippen molar-refractivity contribution >= 4 is 37.6 Å². The molecule has 1 aliphatic carbocycles. The van der Waals surface area contributed by atoms with Crippen LogP contribution < -0.4 is 4.72 Å². The van der Waals surface area contributed by atoms with Gasteiger partial charge in [-0.2, -0.15) is 0 Å². The maximum atomic E-state index is 13.1. The zero-order valence-electron chi connectivity index (χ0n) is 9.42. The average Bonchev–Trinajstić information content (AvgIpc) is 3.11. The number of benzene rings is 1.